The van der Waals surface area contributed by atoms with E-state index in [-0.39, 0.29) is 0 Å². The van der Waals surface area contributed by atoms with Gasteiger partial charge in [0.1, 0.15) is 11.5 Å². The molecule has 0 saturated carbocycles. The quantitative estimate of drug-likeness (QED) is 0.759. The average molecular weight is 239 g/mol. The van der Waals surface area contributed by atoms with Gasteiger partial charge in [-0.05, 0) is 38.1 Å². The van der Waals surface area contributed by atoms with Crippen LogP contribution >= 0.6 is 0 Å². The lowest BCUT2D eigenvalue weighted by atomic mass is 10.2. The Bertz CT molecular complexity index is 545. The van der Waals surface area contributed by atoms with Crippen molar-refractivity contribution in [1.29, 1.82) is 0 Å². The molecule has 1 heterocycles. The minimum atomic E-state index is 0.572. The maximum atomic E-state index is 5.60. The van der Waals surface area contributed by atoms with Crippen molar-refractivity contribution in [3.63, 3.8) is 0 Å². The predicted molar refractivity (Wildman–Crippen MR) is 74.5 cm³/mol. The van der Waals surface area contributed by atoms with Gasteiger partial charge in [-0.2, -0.15) is 0 Å². The van der Waals surface area contributed by atoms with Gasteiger partial charge < -0.3 is 9.32 Å². The fraction of sp³-hybridized carbons (Fsp3) is 0.250. The third kappa shape index (κ3) is 2.95. The first-order valence-electron chi connectivity index (χ1n) is 5.99. The molecule has 0 bridgehead atoms. The number of terminal acetylenes is 1. The summed E-state index contributed by atoms with van der Waals surface area (Å²) < 4.78 is 5.60. The van der Waals surface area contributed by atoms with Crippen LogP contribution < -0.4 is 4.90 Å². The number of furan rings is 1. The van der Waals surface area contributed by atoms with Gasteiger partial charge in [-0.1, -0.05) is 23.6 Å². The Hall–Kier alpha value is -2.14. The van der Waals surface area contributed by atoms with Gasteiger partial charge in [-0.3, -0.25) is 0 Å². The molecule has 0 aliphatic carbocycles. The average Bonchev–Trinajstić information content (AvgIpc) is 2.75. The lowest BCUT2D eigenvalue weighted by Crippen LogP contribution is -2.22. The van der Waals surface area contributed by atoms with E-state index in [0.717, 1.165) is 17.2 Å². The van der Waals surface area contributed by atoms with Crippen LogP contribution in [0.25, 0.3) is 0 Å². The van der Waals surface area contributed by atoms with Crippen LogP contribution in [0.5, 0.6) is 0 Å². The summed E-state index contributed by atoms with van der Waals surface area (Å²) >= 11 is 0. The minimum absolute atomic E-state index is 0.572. The molecule has 0 N–H and O–H groups in total. The fourth-order valence-electron chi connectivity index (χ4n) is 1.86. The molecule has 2 nitrogen and oxygen atoms in total. The second-order valence-corrected chi connectivity index (χ2v) is 4.41. The van der Waals surface area contributed by atoms with Gasteiger partial charge in [-0.15, -0.1) is 6.42 Å². The molecule has 2 heteroatoms. The molecule has 0 aliphatic rings. The molecule has 0 fully saturated rings. The summed E-state index contributed by atoms with van der Waals surface area (Å²) in [6, 6.07) is 12.3. The predicted octanol–water partition coefficient (Wildman–Crippen LogP) is 3.54. The van der Waals surface area contributed by atoms with Crippen molar-refractivity contribution in [2.24, 2.45) is 0 Å². The van der Waals surface area contributed by atoms with E-state index >= 15 is 0 Å². The van der Waals surface area contributed by atoms with E-state index in [1.54, 1.807) is 0 Å². The summed E-state index contributed by atoms with van der Waals surface area (Å²) in [5.41, 5.74) is 2.36. The van der Waals surface area contributed by atoms with Crippen molar-refractivity contribution in [3.8, 4) is 12.3 Å². The second-order valence-electron chi connectivity index (χ2n) is 4.41. The highest BCUT2D eigenvalue weighted by Crippen LogP contribution is 2.18. The highest BCUT2D eigenvalue weighted by Gasteiger charge is 2.08. The van der Waals surface area contributed by atoms with Crippen LogP contribution in [0.4, 0.5) is 5.69 Å². The Kier molecular flexibility index (Phi) is 3.74. The van der Waals surface area contributed by atoms with E-state index in [1.807, 2.05) is 19.1 Å². The normalized spacial score (nSPS) is 10.1. The molecule has 0 atom stereocenters. The zero-order valence-corrected chi connectivity index (χ0v) is 10.8. The molecule has 18 heavy (non-hydrogen) atoms. The highest BCUT2D eigenvalue weighted by molar-refractivity contribution is 5.48. The summed E-state index contributed by atoms with van der Waals surface area (Å²) in [6.07, 6.45) is 5.43. The third-order valence-electron chi connectivity index (χ3n) is 2.82. The second kappa shape index (κ2) is 5.46. The lowest BCUT2D eigenvalue weighted by molar-refractivity contribution is 0.480. The van der Waals surface area contributed by atoms with Gasteiger partial charge in [0.25, 0.3) is 0 Å². The van der Waals surface area contributed by atoms with Gasteiger partial charge >= 0.3 is 0 Å². The number of nitrogens with zero attached hydrogens (tertiary/aromatic N) is 1. The van der Waals surface area contributed by atoms with Gasteiger partial charge in [0.05, 0.1) is 13.1 Å². The number of aryl methyl sites for hydroxylation is 2. The smallest absolute Gasteiger partial charge is 0.123 e. The van der Waals surface area contributed by atoms with Crippen LogP contribution in [0.2, 0.25) is 0 Å². The molecule has 2 rings (SSSR count). The van der Waals surface area contributed by atoms with E-state index in [1.165, 1.54) is 5.56 Å². The molecule has 2 aromatic rings. The Morgan fingerprint density at radius 3 is 2.39 bits per heavy atom. The van der Waals surface area contributed by atoms with Gasteiger partial charge in [0.2, 0.25) is 0 Å². The standard InChI is InChI=1S/C16H17NO/c1-4-11-17(12-16-10-7-14(3)18-16)15-8-5-13(2)6-9-15/h1,5-10H,11-12H2,2-3H3. The van der Waals surface area contributed by atoms with Gasteiger partial charge in [-0.25, -0.2) is 0 Å². The number of benzene rings is 1. The summed E-state index contributed by atoms with van der Waals surface area (Å²) in [5, 5.41) is 0. The van der Waals surface area contributed by atoms with Crippen LogP contribution in [0, 0.1) is 26.2 Å². The topological polar surface area (TPSA) is 16.4 Å². The van der Waals surface area contributed by atoms with Crippen LogP contribution in [0.3, 0.4) is 0 Å². The van der Waals surface area contributed by atoms with Crippen LogP contribution in [-0.2, 0) is 6.54 Å². The summed E-state index contributed by atoms with van der Waals surface area (Å²) in [5.74, 6) is 4.55. The van der Waals surface area contributed by atoms with E-state index in [4.69, 9.17) is 10.8 Å². The summed E-state index contributed by atoms with van der Waals surface area (Å²) in [6.45, 7) is 5.29. The molecular weight excluding hydrogens is 222 g/mol. The molecule has 0 unspecified atom stereocenters. The van der Waals surface area contributed by atoms with Crippen molar-refractivity contribution >= 4 is 5.69 Å². The van der Waals surface area contributed by atoms with Crippen molar-refractivity contribution in [3.05, 3.63) is 53.5 Å². The summed E-state index contributed by atoms with van der Waals surface area (Å²) in [7, 11) is 0. The molecular formula is C16H17NO. The Morgan fingerprint density at radius 1 is 1.11 bits per heavy atom. The molecule has 1 aromatic carbocycles. The minimum Gasteiger partial charge on any atom is -0.464 e. The summed E-state index contributed by atoms with van der Waals surface area (Å²) in [4.78, 5) is 2.12. The van der Waals surface area contributed by atoms with Crippen LogP contribution in [0.15, 0.2) is 40.8 Å². The fourth-order valence-corrected chi connectivity index (χ4v) is 1.86. The van der Waals surface area contributed by atoms with Crippen LogP contribution in [-0.4, -0.2) is 6.54 Å². The van der Waals surface area contributed by atoms with Crippen molar-refractivity contribution < 1.29 is 4.42 Å². The Labute approximate surface area is 108 Å². The van der Waals surface area contributed by atoms with Crippen LogP contribution in [0.1, 0.15) is 17.1 Å². The van der Waals surface area contributed by atoms with E-state index in [2.05, 4.69) is 42.0 Å². The third-order valence-corrected chi connectivity index (χ3v) is 2.82. The SMILES string of the molecule is C#CCN(Cc1ccc(C)o1)c1ccc(C)cc1. The number of rotatable bonds is 4. The zero-order chi connectivity index (χ0) is 13.0. The van der Waals surface area contributed by atoms with Crippen molar-refractivity contribution in [2.75, 3.05) is 11.4 Å². The maximum Gasteiger partial charge on any atom is 0.123 e. The van der Waals surface area contributed by atoms with E-state index < -0.39 is 0 Å². The Morgan fingerprint density at radius 2 is 1.83 bits per heavy atom. The molecule has 0 spiro atoms. The highest BCUT2D eigenvalue weighted by atomic mass is 16.3. The van der Waals surface area contributed by atoms with Gasteiger partial charge in [0, 0.05) is 5.69 Å². The first-order valence-corrected chi connectivity index (χ1v) is 5.99. The number of hydrogen-bond acceptors (Lipinski definition) is 2. The van der Waals surface area contributed by atoms with E-state index in [9.17, 15) is 0 Å². The molecule has 1 aromatic heterocycles. The first-order chi connectivity index (χ1) is 8.69. The first kappa shape index (κ1) is 12.3. The van der Waals surface area contributed by atoms with E-state index in [0.29, 0.717) is 13.1 Å². The zero-order valence-electron chi connectivity index (χ0n) is 10.8. The molecule has 0 aliphatic heterocycles. The monoisotopic (exact) mass is 239 g/mol. The van der Waals surface area contributed by atoms with Gasteiger partial charge in [0.15, 0.2) is 0 Å². The lowest BCUT2D eigenvalue weighted by Gasteiger charge is -2.21. The van der Waals surface area contributed by atoms with Crippen molar-refractivity contribution in [1.82, 2.24) is 0 Å². The molecule has 92 valence electrons. The molecule has 0 saturated heterocycles. The Balaban J connectivity index is 2.18. The molecule has 0 radical (unpaired) electrons. The van der Waals surface area contributed by atoms with Crippen molar-refractivity contribution in [2.45, 2.75) is 20.4 Å². The molecule has 0 amide bonds. The largest absolute Gasteiger partial charge is 0.464 e. The maximum absolute atomic E-state index is 5.60. The number of hydrogen-bond donors (Lipinski definition) is 0. The number of anilines is 1.